The number of benzene rings is 2. The number of rotatable bonds is 4. The van der Waals surface area contributed by atoms with E-state index >= 15 is 0 Å². The first-order chi connectivity index (χ1) is 12.6. The number of hydrogen-bond donors (Lipinski definition) is 1. The molecular weight excluding hydrogens is 356 g/mol. The summed E-state index contributed by atoms with van der Waals surface area (Å²) in [6, 6.07) is 13.0. The number of imidazole rings is 1. The fourth-order valence-corrected chi connectivity index (χ4v) is 4.12. The Hall–Kier alpha value is -2.67. The standard InChI is InChI=1S/C19H15F2N3OS/c20-14-6-12(7-15(21)8-14)10-24-17(25)11-26-19(24)16-9-22-18(23-16)13-4-2-1-3-5-13/h1-9,19H,10-11H2,(H,22,23). The number of amides is 1. The second-order valence-electron chi connectivity index (χ2n) is 6.02. The minimum atomic E-state index is -0.649. The molecule has 7 heteroatoms. The van der Waals surface area contributed by atoms with E-state index in [4.69, 9.17) is 0 Å². The molecule has 0 radical (unpaired) electrons. The number of thioether (sulfide) groups is 1. The summed E-state index contributed by atoms with van der Waals surface area (Å²) in [5.41, 5.74) is 2.16. The van der Waals surface area contributed by atoms with Gasteiger partial charge in [0.2, 0.25) is 5.91 Å². The van der Waals surface area contributed by atoms with Crippen molar-refractivity contribution >= 4 is 17.7 Å². The lowest BCUT2D eigenvalue weighted by Gasteiger charge is -2.23. The molecule has 1 saturated heterocycles. The molecule has 0 bridgehead atoms. The van der Waals surface area contributed by atoms with Crippen LogP contribution in [0.2, 0.25) is 0 Å². The summed E-state index contributed by atoms with van der Waals surface area (Å²) in [5.74, 6) is -0.326. The third-order valence-electron chi connectivity index (χ3n) is 4.15. The number of hydrogen-bond acceptors (Lipinski definition) is 3. The van der Waals surface area contributed by atoms with Crippen molar-refractivity contribution in [3.8, 4) is 11.4 Å². The second-order valence-corrected chi connectivity index (χ2v) is 7.08. The van der Waals surface area contributed by atoms with Gasteiger partial charge in [-0.1, -0.05) is 30.3 Å². The maximum absolute atomic E-state index is 13.4. The first-order valence-electron chi connectivity index (χ1n) is 8.06. The Bertz CT molecular complexity index is 925. The van der Waals surface area contributed by atoms with Crippen LogP contribution in [0.25, 0.3) is 11.4 Å². The minimum Gasteiger partial charge on any atom is -0.339 e. The quantitative estimate of drug-likeness (QED) is 0.750. The van der Waals surface area contributed by atoms with Gasteiger partial charge < -0.3 is 9.88 Å². The molecule has 1 amide bonds. The molecule has 1 fully saturated rings. The van der Waals surface area contributed by atoms with Crippen molar-refractivity contribution in [2.45, 2.75) is 11.9 Å². The highest BCUT2D eigenvalue weighted by atomic mass is 32.2. The third kappa shape index (κ3) is 3.35. The van der Waals surface area contributed by atoms with E-state index in [2.05, 4.69) is 9.97 Å². The zero-order chi connectivity index (χ0) is 18.1. The highest BCUT2D eigenvalue weighted by Gasteiger charge is 2.34. The van der Waals surface area contributed by atoms with Crippen LogP contribution in [0.4, 0.5) is 8.78 Å². The minimum absolute atomic E-state index is 0.0690. The van der Waals surface area contributed by atoms with Crippen LogP contribution in [0.15, 0.2) is 54.7 Å². The first-order valence-corrected chi connectivity index (χ1v) is 9.11. The number of aromatic amines is 1. The average molecular weight is 371 g/mol. The van der Waals surface area contributed by atoms with Gasteiger partial charge in [-0.3, -0.25) is 4.79 Å². The summed E-state index contributed by atoms with van der Waals surface area (Å²) in [4.78, 5) is 21.6. The molecule has 26 heavy (non-hydrogen) atoms. The number of aromatic nitrogens is 2. The van der Waals surface area contributed by atoms with Crippen molar-refractivity contribution in [3.05, 3.63) is 77.6 Å². The Labute approximate surface area is 153 Å². The first kappa shape index (κ1) is 16.8. The molecule has 1 aliphatic heterocycles. The smallest absolute Gasteiger partial charge is 0.234 e. The molecule has 1 atom stereocenters. The van der Waals surface area contributed by atoms with Gasteiger partial charge in [0.15, 0.2) is 0 Å². The zero-order valence-electron chi connectivity index (χ0n) is 13.7. The van der Waals surface area contributed by atoms with E-state index in [0.717, 1.165) is 23.1 Å². The number of halogens is 2. The van der Waals surface area contributed by atoms with E-state index in [1.165, 1.54) is 23.9 Å². The summed E-state index contributed by atoms with van der Waals surface area (Å²) in [6.07, 6.45) is 1.71. The number of nitrogens with one attached hydrogen (secondary N) is 1. The molecule has 0 aliphatic carbocycles. The van der Waals surface area contributed by atoms with Crippen LogP contribution in [0.1, 0.15) is 16.6 Å². The zero-order valence-corrected chi connectivity index (χ0v) is 14.5. The molecule has 2 aromatic carbocycles. The van der Waals surface area contributed by atoms with Gasteiger partial charge in [0, 0.05) is 18.2 Å². The van der Waals surface area contributed by atoms with Gasteiger partial charge in [-0.15, -0.1) is 11.8 Å². The van der Waals surface area contributed by atoms with Crippen LogP contribution in [-0.4, -0.2) is 26.5 Å². The maximum Gasteiger partial charge on any atom is 0.234 e. The summed E-state index contributed by atoms with van der Waals surface area (Å²) in [7, 11) is 0. The Morgan fingerprint density at radius 3 is 2.62 bits per heavy atom. The summed E-state index contributed by atoms with van der Waals surface area (Å²) in [6.45, 7) is 0.144. The predicted molar refractivity (Wildman–Crippen MR) is 96.1 cm³/mol. The Kier molecular flexibility index (Phi) is 4.46. The molecule has 0 saturated carbocycles. The van der Waals surface area contributed by atoms with Crippen molar-refractivity contribution in [2.75, 3.05) is 5.75 Å². The number of carbonyl (C=O) groups is 1. The molecule has 3 aromatic rings. The Balaban J connectivity index is 1.59. The molecule has 1 aromatic heterocycles. The van der Waals surface area contributed by atoms with Crippen LogP contribution in [0.5, 0.6) is 0 Å². The van der Waals surface area contributed by atoms with Gasteiger partial charge in [0.1, 0.15) is 22.8 Å². The number of carbonyl (C=O) groups excluding carboxylic acids is 1. The van der Waals surface area contributed by atoms with E-state index in [1.807, 2.05) is 30.3 Å². The highest BCUT2D eigenvalue weighted by molar-refractivity contribution is 8.00. The van der Waals surface area contributed by atoms with Crippen LogP contribution < -0.4 is 0 Å². The van der Waals surface area contributed by atoms with Gasteiger partial charge in [-0.05, 0) is 17.7 Å². The molecule has 132 valence electrons. The van der Waals surface area contributed by atoms with Gasteiger partial charge in [-0.2, -0.15) is 0 Å². The van der Waals surface area contributed by atoms with E-state index in [1.54, 1.807) is 11.1 Å². The fourth-order valence-electron chi connectivity index (χ4n) is 2.99. The normalized spacial score (nSPS) is 17.1. The lowest BCUT2D eigenvalue weighted by Crippen LogP contribution is -2.28. The monoisotopic (exact) mass is 371 g/mol. The van der Waals surface area contributed by atoms with Crippen LogP contribution in [-0.2, 0) is 11.3 Å². The van der Waals surface area contributed by atoms with E-state index < -0.39 is 11.6 Å². The SMILES string of the molecule is O=C1CSC(c2cnc(-c3ccccc3)[nH]2)N1Cc1cc(F)cc(F)c1. The second kappa shape index (κ2) is 6.92. The van der Waals surface area contributed by atoms with Crippen molar-refractivity contribution in [1.29, 1.82) is 0 Å². The lowest BCUT2D eigenvalue weighted by molar-refractivity contribution is -0.128. The Morgan fingerprint density at radius 1 is 1.15 bits per heavy atom. The fraction of sp³-hybridized carbons (Fsp3) is 0.158. The van der Waals surface area contributed by atoms with E-state index in [9.17, 15) is 13.6 Å². The highest BCUT2D eigenvalue weighted by Crippen LogP contribution is 2.39. The predicted octanol–water partition coefficient (Wildman–Crippen LogP) is 4.13. The topological polar surface area (TPSA) is 49.0 Å². The molecular formula is C19H15F2N3OS. The summed E-state index contributed by atoms with van der Waals surface area (Å²) < 4.78 is 26.9. The number of nitrogens with zero attached hydrogens (tertiary/aromatic N) is 2. The maximum atomic E-state index is 13.4. The largest absolute Gasteiger partial charge is 0.339 e. The van der Waals surface area contributed by atoms with Gasteiger partial charge in [0.05, 0.1) is 17.6 Å². The van der Waals surface area contributed by atoms with Crippen molar-refractivity contribution in [1.82, 2.24) is 14.9 Å². The van der Waals surface area contributed by atoms with Crippen molar-refractivity contribution in [3.63, 3.8) is 0 Å². The molecule has 4 rings (SSSR count). The molecule has 4 nitrogen and oxygen atoms in total. The molecule has 0 spiro atoms. The van der Waals surface area contributed by atoms with Gasteiger partial charge in [0.25, 0.3) is 0 Å². The average Bonchev–Trinajstić information content (AvgIpc) is 3.23. The van der Waals surface area contributed by atoms with Crippen LogP contribution >= 0.6 is 11.8 Å². The van der Waals surface area contributed by atoms with Gasteiger partial charge >= 0.3 is 0 Å². The van der Waals surface area contributed by atoms with Crippen molar-refractivity contribution in [2.24, 2.45) is 0 Å². The van der Waals surface area contributed by atoms with Crippen LogP contribution in [0.3, 0.4) is 0 Å². The summed E-state index contributed by atoms with van der Waals surface area (Å²) in [5, 5.41) is -0.265. The van der Waals surface area contributed by atoms with Crippen molar-refractivity contribution < 1.29 is 13.6 Å². The van der Waals surface area contributed by atoms with Crippen LogP contribution in [0, 0.1) is 11.6 Å². The third-order valence-corrected chi connectivity index (χ3v) is 5.39. The molecule has 1 unspecified atom stereocenters. The van der Waals surface area contributed by atoms with E-state index in [-0.39, 0.29) is 17.8 Å². The van der Waals surface area contributed by atoms with Gasteiger partial charge in [-0.25, -0.2) is 13.8 Å². The lowest BCUT2D eigenvalue weighted by atomic mass is 10.2. The number of H-pyrrole nitrogens is 1. The molecule has 1 aliphatic rings. The molecule has 2 heterocycles. The van der Waals surface area contributed by atoms with E-state index in [0.29, 0.717) is 11.3 Å². The Morgan fingerprint density at radius 2 is 1.88 bits per heavy atom. The summed E-state index contributed by atoms with van der Waals surface area (Å²) >= 11 is 1.47. The molecule has 1 N–H and O–H groups in total.